The summed E-state index contributed by atoms with van der Waals surface area (Å²) >= 11 is 2.22. The summed E-state index contributed by atoms with van der Waals surface area (Å²) in [5.41, 5.74) is 1.99. The van der Waals surface area contributed by atoms with E-state index in [4.69, 9.17) is 4.42 Å². The molecule has 1 saturated heterocycles. The smallest absolute Gasteiger partial charge is 0.335 e. The Balaban J connectivity index is 1.67. The van der Waals surface area contributed by atoms with Crippen molar-refractivity contribution in [1.82, 2.24) is 5.32 Å². The number of barbiturate groups is 1. The number of imide groups is 2. The number of anilines is 1. The maximum Gasteiger partial charge on any atom is 0.335 e. The van der Waals surface area contributed by atoms with E-state index in [9.17, 15) is 14.4 Å². The molecule has 0 saturated carbocycles. The first-order valence-corrected chi connectivity index (χ1v) is 9.84. The van der Waals surface area contributed by atoms with E-state index < -0.39 is 17.8 Å². The standard InChI is InChI=1S/C22H15IN2O4/c1-13-3-2-4-16(11-13)25-21(27)18(20(26)24-22(25)28)12-17-9-10-19(29-17)14-5-7-15(23)8-6-14/h2-12H,1H3,(H,24,26,28)/b18-12+. The van der Waals surface area contributed by atoms with Crippen molar-refractivity contribution in [2.24, 2.45) is 0 Å². The maximum absolute atomic E-state index is 12.9. The summed E-state index contributed by atoms with van der Waals surface area (Å²) in [6, 6.07) is 17.4. The molecule has 0 aliphatic carbocycles. The molecule has 0 unspecified atom stereocenters. The third-order valence-corrected chi connectivity index (χ3v) is 5.12. The Morgan fingerprint density at radius 2 is 1.76 bits per heavy atom. The first-order chi connectivity index (χ1) is 13.9. The van der Waals surface area contributed by atoms with Gasteiger partial charge in [-0.15, -0.1) is 0 Å². The van der Waals surface area contributed by atoms with Gasteiger partial charge in [0, 0.05) is 9.13 Å². The molecule has 4 rings (SSSR count). The minimum absolute atomic E-state index is 0.172. The molecule has 4 amide bonds. The van der Waals surface area contributed by atoms with Crippen LogP contribution in [0.2, 0.25) is 0 Å². The Bertz CT molecular complexity index is 1160. The number of halogens is 1. The van der Waals surface area contributed by atoms with Crippen molar-refractivity contribution in [3.05, 3.63) is 81.1 Å². The molecule has 7 heteroatoms. The number of amides is 4. The molecular formula is C22H15IN2O4. The van der Waals surface area contributed by atoms with E-state index in [0.29, 0.717) is 17.2 Å². The summed E-state index contributed by atoms with van der Waals surface area (Å²) < 4.78 is 6.88. The Kier molecular flexibility index (Phi) is 5.06. The van der Waals surface area contributed by atoms with E-state index in [1.807, 2.05) is 37.3 Å². The number of nitrogens with one attached hydrogen (secondary N) is 1. The molecule has 6 nitrogen and oxygen atoms in total. The highest BCUT2D eigenvalue weighted by Gasteiger charge is 2.37. The zero-order chi connectivity index (χ0) is 20.5. The molecule has 1 fully saturated rings. The fourth-order valence-corrected chi connectivity index (χ4v) is 3.36. The largest absolute Gasteiger partial charge is 0.457 e. The monoisotopic (exact) mass is 498 g/mol. The second kappa shape index (κ2) is 7.67. The number of aryl methyl sites for hydroxylation is 1. The van der Waals surface area contributed by atoms with Gasteiger partial charge in [0.2, 0.25) is 0 Å². The lowest BCUT2D eigenvalue weighted by molar-refractivity contribution is -0.122. The van der Waals surface area contributed by atoms with Crippen LogP contribution in [0.25, 0.3) is 17.4 Å². The van der Waals surface area contributed by atoms with Crippen molar-refractivity contribution < 1.29 is 18.8 Å². The van der Waals surface area contributed by atoms with Gasteiger partial charge in [0.1, 0.15) is 17.1 Å². The van der Waals surface area contributed by atoms with E-state index in [1.165, 1.54) is 6.08 Å². The number of carbonyl (C=O) groups is 3. The van der Waals surface area contributed by atoms with Gasteiger partial charge in [-0.1, -0.05) is 24.3 Å². The lowest BCUT2D eigenvalue weighted by Gasteiger charge is -2.26. The van der Waals surface area contributed by atoms with Crippen LogP contribution >= 0.6 is 22.6 Å². The topological polar surface area (TPSA) is 79.6 Å². The summed E-state index contributed by atoms with van der Waals surface area (Å²) in [6.07, 6.45) is 1.35. The molecule has 2 aromatic carbocycles. The van der Waals surface area contributed by atoms with E-state index in [1.54, 1.807) is 30.3 Å². The van der Waals surface area contributed by atoms with Gasteiger partial charge in [-0.25, -0.2) is 9.69 Å². The first kappa shape index (κ1) is 19.1. The highest BCUT2D eigenvalue weighted by atomic mass is 127. The molecule has 1 N–H and O–H groups in total. The average Bonchev–Trinajstić information content (AvgIpc) is 3.14. The third kappa shape index (κ3) is 3.86. The van der Waals surface area contributed by atoms with Crippen molar-refractivity contribution in [1.29, 1.82) is 0 Å². The number of rotatable bonds is 3. The quantitative estimate of drug-likeness (QED) is 0.327. The minimum atomic E-state index is -0.776. The highest BCUT2D eigenvalue weighted by molar-refractivity contribution is 14.1. The maximum atomic E-state index is 12.9. The summed E-state index contributed by atoms with van der Waals surface area (Å²) in [5, 5.41) is 2.21. The average molecular weight is 498 g/mol. The lowest BCUT2D eigenvalue weighted by atomic mass is 10.1. The lowest BCUT2D eigenvalue weighted by Crippen LogP contribution is -2.54. The predicted octanol–water partition coefficient (Wildman–Crippen LogP) is 4.53. The van der Waals surface area contributed by atoms with Crippen LogP contribution in [0.4, 0.5) is 10.5 Å². The number of benzene rings is 2. The second-order valence-electron chi connectivity index (χ2n) is 6.51. The zero-order valence-electron chi connectivity index (χ0n) is 15.3. The van der Waals surface area contributed by atoms with Gasteiger partial charge >= 0.3 is 6.03 Å². The van der Waals surface area contributed by atoms with Crippen LogP contribution < -0.4 is 10.2 Å². The van der Waals surface area contributed by atoms with Crippen LogP contribution in [0.15, 0.2) is 70.7 Å². The molecule has 0 radical (unpaired) electrons. The number of nitrogens with zero attached hydrogens (tertiary/aromatic N) is 1. The Morgan fingerprint density at radius 3 is 2.48 bits per heavy atom. The van der Waals surface area contributed by atoms with Gasteiger partial charge in [0.15, 0.2) is 0 Å². The highest BCUT2D eigenvalue weighted by Crippen LogP contribution is 2.26. The molecule has 1 aliphatic heterocycles. The number of hydrogen-bond acceptors (Lipinski definition) is 4. The van der Waals surface area contributed by atoms with Gasteiger partial charge in [0.05, 0.1) is 5.69 Å². The van der Waals surface area contributed by atoms with Crippen molar-refractivity contribution >= 4 is 52.2 Å². The van der Waals surface area contributed by atoms with Gasteiger partial charge in [0.25, 0.3) is 11.8 Å². The third-order valence-electron chi connectivity index (χ3n) is 4.40. The molecule has 0 atom stereocenters. The zero-order valence-corrected chi connectivity index (χ0v) is 17.5. The summed E-state index contributed by atoms with van der Waals surface area (Å²) in [7, 11) is 0. The number of urea groups is 1. The molecule has 1 aliphatic rings. The first-order valence-electron chi connectivity index (χ1n) is 8.76. The minimum Gasteiger partial charge on any atom is -0.457 e. The van der Waals surface area contributed by atoms with Crippen LogP contribution in [0.3, 0.4) is 0 Å². The van der Waals surface area contributed by atoms with Crippen LogP contribution in [0.5, 0.6) is 0 Å². The predicted molar refractivity (Wildman–Crippen MR) is 117 cm³/mol. The molecule has 0 bridgehead atoms. The van der Waals surface area contributed by atoms with Crippen LogP contribution in [0.1, 0.15) is 11.3 Å². The van der Waals surface area contributed by atoms with Crippen LogP contribution in [0, 0.1) is 10.5 Å². The van der Waals surface area contributed by atoms with Gasteiger partial charge in [-0.2, -0.15) is 0 Å². The molecule has 2 heterocycles. The summed E-state index contributed by atoms with van der Waals surface area (Å²) in [4.78, 5) is 38.4. The van der Waals surface area contributed by atoms with E-state index >= 15 is 0 Å². The number of furan rings is 1. The van der Waals surface area contributed by atoms with Gasteiger partial charge in [-0.05, 0) is 77.6 Å². The molecular weight excluding hydrogens is 483 g/mol. The summed E-state index contributed by atoms with van der Waals surface area (Å²) in [6.45, 7) is 1.85. The Labute approximate surface area is 180 Å². The molecule has 1 aromatic heterocycles. The molecule has 0 spiro atoms. The molecule has 3 aromatic rings. The van der Waals surface area contributed by atoms with Crippen molar-refractivity contribution in [2.75, 3.05) is 4.90 Å². The second-order valence-corrected chi connectivity index (χ2v) is 7.75. The summed E-state index contributed by atoms with van der Waals surface area (Å²) in [5.74, 6) is -0.494. The molecule has 144 valence electrons. The fourth-order valence-electron chi connectivity index (χ4n) is 3.00. The Morgan fingerprint density at radius 1 is 1.00 bits per heavy atom. The normalized spacial score (nSPS) is 15.7. The molecule has 29 heavy (non-hydrogen) atoms. The SMILES string of the molecule is Cc1cccc(N2C(=O)NC(=O)/C(=C\c3ccc(-c4ccc(I)cc4)o3)C2=O)c1. The number of carbonyl (C=O) groups excluding carboxylic acids is 3. The van der Waals surface area contributed by atoms with Crippen LogP contribution in [-0.2, 0) is 9.59 Å². The van der Waals surface area contributed by atoms with E-state index in [2.05, 4.69) is 27.9 Å². The number of hydrogen-bond donors (Lipinski definition) is 1. The van der Waals surface area contributed by atoms with Gasteiger partial charge in [-0.3, -0.25) is 14.9 Å². The van der Waals surface area contributed by atoms with E-state index in [-0.39, 0.29) is 5.57 Å². The Hall–Kier alpha value is -3.20. The van der Waals surface area contributed by atoms with Crippen LogP contribution in [-0.4, -0.2) is 17.8 Å². The van der Waals surface area contributed by atoms with Crippen molar-refractivity contribution in [2.45, 2.75) is 6.92 Å². The van der Waals surface area contributed by atoms with E-state index in [0.717, 1.165) is 19.6 Å². The van der Waals surface area contributed by atoms with Gasteiger partial charge < -0.3 is 4.42 Å². The van der Waals surface area contributed by atoms with Crippen molar-refractivity contribution in [3.63, 3.8) is 0 Å². The fraction of sp³-hybridized carbons (Fsp3) is 0.0455. The van der Waals surface area contributed by atoms with Crippen molar-refractivity contribution in [3.8, 4) is 11.3 Å².